The van der Waals surface area contributed by atoms with Crippen molar-refractivity contribution in [1.29, 1.82) is 0 Å². The van der Waals surface area contributed by atoms with Gasteiger partial charge in [0.15, 0.2) is 11.0 Å². The molecular weight excluding hydrogens is 286 g/mol. The van der Waals surface area contributed by atoms with Crippen LogP contribution in [0, 0.1) is 0 Å². The number of hydrogen-bond acceptors (Lipinski definition) is 5. The summed E-state index contributed by atoms with van der Waals surface area (Å²) in [5.41, 5.74) is 2.01. The molecule has 3 rings (SSSR count). The summed E-state index contributed by atoms with van der Waals surface area (Å²) in [6.07, 6.45) is 1.95. The van der Waals surface area contributed by atoms with Crippen LogP contribution in [0.3, 0.4) is 0 Å². The van der Waals surface area contributed by atoms with Gasteiger partial charge in [-0.2, -0.15) is 5.10 Å². The maximum Gasteiger partial charge on any atom is 0.191 e. The van der Waals surface area contributed by atoms with E-state index in [-0.39, 0.29) is 6.61 Å². The Morgan fingerprint density at radius 3 is 2.67 bits per heavy atom. The number of aliphatic hydroxyl groups is 1. The van der Waals surface area contributed by atoms with Gasteiger partial charge in [-0.05, 0) is 18.2 Å². The molecule has 2 aromatic heterocycles. The first-order chi connectivity index (χ1) is 10.3. The van der Waals surface area contributed by atoms with Crippen LogP contribution in [0.25, 0.3) is 5.69 Å². The molecular formula is C14H15N5OS. The Balaban J connectivity index is 1.69. The van der Waals surface area contributed by atoms with Gasteiger partial charge in [-0.25, -0.2) is 4.68 Å². The van der Waals surface area contributed by atoms with E-state index in [4.69, 9.17) is 5.11 Å². The summed E-state index contributed by atoms with van der Waals surface area (Å²) in [5, 5.41) is 22.4. The zero-order valence-corrected chi connectivity index (χ0v) is 12.4. The monoisotopic (exact) mass is 301 g/mol. The highest BCUT2D eigenvalue weighted by atomic mass is 32.2. The average Bonchev–Trinajstić information content (AvgIpc) is 3.13. The van der Waals surface area contributed by atoms with Crippen molar-refractivity contribution in [3.05, 3.63) is 54.1 Å². The number of para-hydroxylation sites is 1. The van der Waals surface area contributed by atoms with Crippen molar-refractivity contribution in [3.8, 4) is 5.69 Å². The fourth-order valence-corrected chi connectivity index (χ4v) is 2.74. The summed E-state index contributed by atoms with van der Waals surface area (Å²) in [5.74, 6) is 1.27. The highest BCUT2D eigenvalue weighted by Gasteiger charge is 2.09. The molecule has 0 aliphatic heterocycles. The molecule has 0 atom stereocenters. The van der Waals surface area contributed by atoms with E-state index in [0.717, 1.165) is 16.5 Å². The van der Waals surface area contributed by atoms with Crippen molar-refractivity contribution in [2.24, 2.45) is 7.05 Å². The van der Waals surface area contributed by atoms with E-state index in [2.05, 4.69) is 15.3 Å². The molecule has 0 bridgehead atoms. The molecule has 1 aromatic carbocycles. The second-order valence-electron chi connectivity index (χ2n) is 4.49. The second-order valence-corrected chi connectivity index (χ2v) is 5.43. The molecule has 108 valence electrons. The van der Waals surface area contributed by atoms with E-state index < -0.39 is 0 Å². The minimum Gasteiger partial charge on any atom is -0.388 e. The summed E-state index contributed by atoms with van der Waals surface area (Å²) >= 11 is 1.55. The van der Waals surface area contributed by atoms with Gasteiger partial charge in [-0.1, -0.05) is 30.0 Å². The lowest BCUT2D eigenvalue weighted by Gasteiger charge is -2.01. The van der Waals surface area contributed by atoms with E-state index >= 15 is 0 Å². The number of thioether (sulfide) groups is 1. The zero-order valence-electron chi connectivity index (χ0n) is 11.5. The molecule has 0 amide bonds. The number of hydrogen-bond donors (Lipinski definition) is 1. The lowest BCUT2D eigenvalue weighted by molar-refractivity contribution is 0.266. The van der Waals surface area contributed by atoms with Crippen LogP contribution in [-0.4, -0.2) is 29.7 Å². The number of benzene rings is 1. The molecule has 3 aromatic rings. The highest BCUT2D eigenvalue weighted by molar-refractivity contribution is 7.98. The predicted octanol–water partition coefficient (Wildman–Crippen LogP) is 1.79. The van der Waals surface area contributed by atoms with Crippen molar-refractivity contribution in [1.82, 2.24) is 24.5 Å². The molecule has 0 fully saturated rings. The number of aromatic nitrogens is 5. The third-order valence-electron chi connectivity index (χ3n) is 3.08. The standard InChI is InChI=1S/C14H15N5OS/c1-18-13(9-20)15-16-14(18)21-10-11-7-8-19(17-11)12-5-3-2-4-6-12/h2-8,20H,9-10H2,1H3. The van der Waals surface area contributed by atoms with Crippen LogP contribution >= 0.6 is 11.8 Å². The summed E-state index contributed by atoms with van der Waals surface area (Å²) in [6, 6.07) is 12.0. The first kappa shape index (κ1) is 13.8. The summed E-state index contributed by atoms with van der Waals surface area (Å²) < 4.78 is 3.64. The van der Waals surface area contributed by atoms with Crippen LogP contribution in [0.4, 0.5) is 0 Å². The van der Waals surface area contributed by atoms with Crippen LogP contribution in [0.1, 0.15) is 11.5 Å². The lowest BCUT2D eigenvalue weighted by atomic mass is 10.3. The minimum atomic E-state index is -0.104. The fourth-order valence-electron chi connectivity index (χ4n) is 1.91. The topological polar surface area (TPSA) is 68.8 Å². The third kappa shape index (κ3) is 2.98. The Kier molecular flexibility index (Phi) is 4.03. The van der Waals surface area contributed by atoms with Gasteiger partial charge in [0.25, 0.3) is 0 Å². The average molecular weight is 301 g/mol. The molecule has 1 N–H and O–H groups in total. The van der Waals surface area contributed by atoms with Gasteiger partial charge >= 0.3 is 0 Å². The number of aliphatic hydroxyl groups excluding tert-OH is 1. The first-order valence-corrected chi connectivity index (χ1v) is 7.48. The van der Waals surface area contributed by atoms with Gasteiger partial charge in [0.1, 0.15) is 6.61 Å². The van der Waals surface area contributed by atoms with Gasteiger partial charge < -0.3 is 9.67 Å². The maximum atomic E-state index is 9.10. The Labute approximate surface area is 126 Å². The first-order valence-electron chi connectivity index (χ1n) is 6.50. The molecule has 0 saturated carbocycles. The smallest absolute Gasteiger partial charge is 0.191 e. The number of nitrogens with zero attached hydrogens (tertiary/aromatic N) is 5. The Morgan fingerprint density at radius 1 is 1.14 bits per heavy atom. The molecule has 7 heteroatoms. The molecule has 0 saturated heterocycles. The second kappa shape index (κ2) is 6.11. The largest absolute Gasteiger partial charge is 0.388 e. The van der Waals surface area contributed by atoms with Gasteiger partial charge in [-0.3, -0.25) is 0 Å². The van der Waals surface area contributed by atoms with E-state index in [1.165, 1.54) is 0 Å². The molecule has 0 radical (unpaired) electrons. The Morgan fingerprint density at radius 2 is 1.95 bits per heavy atom. The van der Waals surface area contributed by atoms with Crippen LogP contribution in [0.15, 0.2) is 47.8 Å². The van der Waals surface area contributed by atoms with Crippen LogP contribution in [-0.2, 0) is 19.4 Å². The Hall–Kier alpha value is -2.12. The van der Waals surface area contributed by atoms with Crippen molar-refractivity contribution in [2.45, 2.75) is 17.5 Å². The van der Waals surface area contributed by atoms with Crippen LogP contribution in [0.5, 0.6) is 0 Å². The van der Waals surface area contributed by atoms with Gasteiger partial charge in [0.2, 0.25) is 0 Å². The van der Waals surface area contributed by atoms with Crippen molar-refractivity contribution in [2.75, 3.05) is 0 Å². The van der Waals surface area contributed by atoms with Gasteiger partial charge in [0, 0.05) is 19.0 Å². The summed E-state index contributed by atoms with van der Waals surface area (Å²) in [7, 11) is 1.84. The summed E-state index contributed by atoms with van der Waals surface area (Å²) in [4.78, 5) is 0. The van der Waals surface area contributed by atoms with E-state index in [1.54, 1.807) is 16.3 Å². The molecule has 6 nitrogen and oxygen atoms in total. The molecule has 21 heavy (non-hydrogen) atoms. The van der Waals surface area contributed by atoms with E-state index in [0.29, 0.717) is 11.6 Å². The molecule has 0 aliphatic carbocycles. The SMILES string of the molecule is Cn1c(CO)nnc1SCc1ccn(-c2ccccc2)n1. The molecule has 0 spiro atoms. The molecule has 0 aliphatic rings. The van der Waals surface area contributed by atoms with Crippen molar-refractivity contribution in [3.63, 3.8) is 0 Å². The maximum absolute atomic E-state index is 9.10. The van der Waals surface area contributed by atoms with E-state index in [9.17, 15) is 0 Å². The molecule has 0 unspecified atom stereocenters. The van der Waals surface area contributed by atoms with Crippen LogP contribution in [0.2, 0.25) is 0 Å². The quantitative estimate of drug-likeness (QED) is 0.728. The lowest BCUT2D eigenvalue weighted by Crippen LogP contribution is -1.99. The Bertz CT molecular complexity index is 722. The van der Waals surface area contributed by atoms with Crippen LogP contribution < -0.4 is 0 Å². The highest BCUT2D eigenvalue weighted by Crippen LogP contribution is 2.20. The summed E-state index contributed by atoms with van der Waals surface area (Å²) in [6.45, 7) is -0.104. The zero-order chi connectivity index (χ0) is 14.7. The van der Waals surface area contributed by atoms with Crippen molar-refractivity contribution < 1.29 is 5.11 Å². The fraction of sp³-hybridized carbons (Fsp3) is 0.214. The van der Waals surface area contributed by atoms with Crippen molar-refractivity contribution >= 4 is 11.8 Å². The molecule has 2 heterocycles. The normalized spacial score (nSPS) is 11.0. The predicted molar refractivity (Wildman–Crippen MR) is 80.1 cm³/mol. The third-order valence-corrected chi connectivity index (χ3v) is 4.13. The van der Waals surface area contributed by atoms with E-state index in [1.807, 2.05) is 54.3 Å². The minimum absolute atomic E-state index is 0.104. The number of rotatable bonds is 5. The van der Waals surface area contributed by atoms with Gasteiger partial charge in [0.05, 0.1) is 11.4 Å². The van der Waals surface area contributed by atoms with Gasteiger partial charge in [-0.15, -0.1) is 10.2 Å².